The molecule has 5 heteroatoms. The third-order valence-electron chi connectivity index (χ3n) is 2.69. The van der Waals surface area contributed by atoms with Crippen LogP contribution in [0.3, 0.4) is 0 Å². The average molecular weight is 431 g/mol. The molecule has 0 aliphatic rings. The van der Waals surface area contributed by atoms with Gasteiger partial charge in [0.1, 0.15) is 0 Å². The summed E-state index contributed by atoms with van der Waals surface area (Å²) in [5.74, 6) is -0.200. The van der Waals surface area contributed by atoms with Crippen molar-refractivity contribution in [2.45, 2.75) is 6.92 Å². The zero-order chi connectivity index (χ0) is 14.0. The van der Waals surface area contributed by atoms with Crippen LogP contribution in [0.2, 0.25) is 0 Å². The molecular weight excluding hydrogens is 419 g/mol. The van der Waals surface area contributed by atoms with Gasteiger partial charge in [-0.25, -0.2) is 0 Å². The Hall–Kier alpha value is -1.08. The number of aryl methyl sites for hydroxylation is 1. The molecule has 0 aromatic heterocycles. The van der Waals surface area contributed by atoms with Gasteiger partial charge in [-0.15, -0.1) is 0 Å². The van der Waals surface area contributed by atoms with Crippen molar-refractivity contribution >= 4 is 55.8 Å². The van der Waals surface area contributed by atoms with Crippen LogP contribution in [0.25, 0.3) is 0 Å². The first-order valence-corrected chi connectivity index (χ1v) is 7.47. The summed E-state index contributed by atoms with van der Waals surface area (Å²) in [6.45, 7) is 1.96. The summed E-state index contributed by atoms with van der Waals surface area (Å²) in [7, 11) is 0. The fraction of sp³-hybridized carbons (Fsp3) is 0.0714. The third kappa shape index (κ3) is 3.48. The first-order valence-electron chi connectivity index (χ1n) is 5.60. The van der Waals surface area contributed by atoms with Crippen LogP contribution in [0.1, 0.15) is 15.9 Å². The van der Waals surface area contributed by atoms with E-state index >= 15 is 0 Å². The molecular formula is C14H12BrIN2O. The van der Waals surface area contributed by atoms with E-state index in [2.05, 4.69) is 43.8 Å². The zero-order valence-corrected chi connectivity index (χ0v) is 13.9. The Morgan fingerprint density at radius 3 is 2.63 bits per heavy atom. The maximum absolute atomic E-state index is 12.2. The average Bonchev–Trinajstić information content (AvgIpc) is 2.32. The normalized spacial score (nSPS) is 10.3. The smallest absolute Gasteiger partial charge is 0.257 e. The maximum atomic E-state index is 12.2. The second-order valence-corrected chi connectivity index (χ2v) is 6.31. The van der Waals surface area contributed by atoms with Crippen LogP contribution in [0.4, 0.5) is 11.4 Å². The quantitative estimate of drug-likeness (QED) is 0.554. The number of carbonyl (C=O) groups is 1. The second kappa shape index (κ2) is 5.92. The molecule has 2 rings (SSSR count). The predicted octanol–water partition coefficient (Wildman–Crippen LogP) is 4.20. The summed E-state index contributed by atoms with van der Waals surface area (Å²) >= 11 is 5.56. The minimum atomic E-state index is -0.200. The number of hydrogen-bond acceptors (Lipinski definition) is 2. The van der Waals surface area contributed by atoms with Gasteiger partial charge in [-0.3, -0.25) is 4.79 Å². The Morgan fingerprint density at radius 2 is 2.00 bits per heavy atom. The fourth-order valence-electron chi connectivity index (χ4n) is 1.70. The van der Waals surface area contributed by atoms with E-state index in [1.807, 2.05) is 25.1 Å². The van der Waals surface area contributed by atoms with Crippen LogP contribution >= 0.6 is 38.5 Å². The highest BCUT2D eigenvalue weighted by atomic mass is 127. The molecule has 0 radical (unpaired) electrons. The largest absolute Gasteiger partial charge is 0.398 e. The molecule has 1 amide bonds. The number of anilines is 2. The number of halogens is 2. The molecule has 0 saturated heterocycles. The highest BCUT2D eigenvalue weighted by Crippen LogP contribution is 2.22. The van der Waals surface area contributed by atoms with Gasteiger partial charge in [0.2, 0.25) is 0 Å². The highest BCUT2D eigenvalue weighted by Gasteiger charge is 2.11. The lowest BCUT2D eigenvalue weighted by atomic mass is 10.1. The van der Waals surface area contributed by atoms with Crippen molar-refractivity contribution in [1.29, 1.82) is 0 Å². The number of carbonyl (C=O) groups excluding carboxylic acids is 1. The number of amides is 1. The van der Waals surface area contributed by atoms with Crippen LogP contribution in [0.15, 0.2) is 40.9 Å². The molecule has 3 nitrogen and oxygen atoms in total. The van der Waals surface area contributed by atoms with Gasteiger partial charge >= 0.3 is 0 Å². The van der Waals surface area contributed by atoms with Crippen molar-refractivity contribution in [3.05, 3.63) is 55.6 Å². The number of hydrogen-bond donors (Lipinski definition) is 2. The SMILES string of the molecule is Cc1cc(I)ccc1NC(=O)c1ccc(Br)cc1N. The van der Waals surface area contributed by atoms with E-state index in [1.165, 1.54) is 0 Å². The molecule has 0 fully saturated rings. The summed E-state index contributed by atoms with van der Waals surface area (Å²) < 4.78 is 1.99. The third-order valence-corrected chi connectivity index (χ3v) is 3.86. The predicted molar refractivity (Wildman–Crippen MR) is 90.4 cm³/mol. The zero-order valence-electron chi connectivity index (χ0n) is 10.2. The van der Waals surface area contributed by atoms with Gasteiger partial charge in [-0.1, -0.05) is 15.9 Å². The van der Waals surface area contributed by atoms with E-state index in [0.717, 1.165) is 19.3 Å². The van der Waals surface area contributed by atoms with Gasteiger partial charge in [0.15, 0.2) is 0 Å². The second-order valence-electron chi connectivity index (χ2n) is 4.14. The summed E-state index contributed by atoms with van der Waals surface area (Å²) in [4.78, 5) is 12.2. The fourth-order valence-corrected chi connectivity index (χ4v) is 2.72. The van der Waals surface area contributed by atoms with Crippen LogP contribution in [-0.2, 0) is 0 Å². The van der Waals surface area contributed by atoms with Gasteiger partial charge < -0.3 is 11.1 Å². The van der Waals surface area contributed by atoms with Gasteiger partial charge in [0.05, 0.1) is 5.56 Å². The Kier molecular flexibility index (Phi) is 4.46. The molecule has 0 aliphatic heterocycles. The van der Waals surface area contributed by atoms with Crippen LogP contribution in [-0.4, -0.2) is 5.91 Å². The molecule has 3 N–H and O–H groups in total. The molecule has 0 spiro atoms. The first-order chi connectivity index (χ1) is 8.97. The van der Waals surface area contributed by atoms with Crippen molar-refractivity contribution in [3.63, 3.8) is 0 Å². The van der Waals surface area contributed by atoms with E-state index in [4.69, 9.17) is 5.73 Å². The molecule has 0 saturated carbocycles. The minimum Gasteiger partial charge on any atom is -0.398 e. The van der Waals surface area contributed by atoms with Crippen LogP contribution in [0, 0.1) is 10.5 Å². The van der Waals surface area contributed by atoms with Crippen molar-refractivity contribution in [2.75, 3.05) is 11.1 Å². The number of rotatable bonds is 2. The van der Waals surface area contributed by atoms with Gasteiger partial charge in [0, 0.05) is 19.4 Å². The number of nitrogen functional groups attached to an aromatic ring is 1. The minimum absolute atomic E-state index is 0.200. The Balaban J connectivity index is 2.25. The van der Waals surface area contributed by atoms with Crippen molar-refractivity contribution < 1.29 is 4.79 Å². The number of nitrogens with one attached hydrogen (secondary N) is 1. The highest BCUT2D eigenvalue weighted by molar-refractivity contribution is 14.1. The lowest BCUT2D eigenvalue weighted by molar-refractivity contribution is 0.102. The molecule has 2 aromatic rings. The summed E-state index contributed by atoms with van der Waals surface area (Å²) in [5.41, 5.74) is 8.60. The Morgan fingerprint density at radius 1 is 1.26 bits per heavy atom. The van der Waals surface area contributed by atoms with Crippen LogP contribution < -0.4 is 11.1 Å². The Bertz CT molecular complexity index is 643. The standard InChI is InChI=1S/C14H12BrIN2O/c1-8-6-10(16)3-5-13(8)18-14(19)11-4-2-9(15)7-12(11)17/h2-7H,17H2,1H3,(H,18,19). The first kappa shape index (κ1) is 14.3. The molecule has 0 bridgehead atoms. The molecule has 0 aliphatic carbocycles. The molecule has 0 heterocycles. The summed E-state index contributed by atoms with van der Waals surface area (Å²) in [5, 5.41) is 2.88. The van der Waals surface area contributed by atoms with E-state index in [-0.39, 0.29) is 5.91 Å². The van der Waals surface area contributed by atoms with Crippen molar-refractivity contribution in [1.82, 2.24) is 0 Å². The maximum Gasteiger partial charge on any atom is 0.257 e. The molecule has 19 heavy (non-hydrogen) atoms. The van der Waals surface area contributed by atoms with Gasteiger partial charge in [-0.05, 0) is 71.5 Å². The summed E-state index contributed by atoms with van der Waals surface area (Å²) in [6, 6.07) is 11.1. The van der Waals surface area contributed by atoms with E-state index in [9.17, 15) is 4.79 Å². The molecule has 0 atom stereocenters. The molecule has 2 aromatic carbocycles. The van der Waals surface area contributed by atoms with E-state index in [1.54, 1.807) is 18.2 Å². The van der Waals surface area contributed by atoms with Crippen molar-refractivity contribution in [2.24, 2.45) is 0 Å². The Labute approximate surface area is 133 Å². The lowest BCUT2D eigenvalue weighted by Gasteiger charge is -2.10. The molecule has 0 unspecified atom stereocenters. The van der Waals surface area contributed by atoms with Crippen molar-refractivity contribution in [3.8, 4) is 0 Å². The van der Waals surface area contributed by atoms with Gasteiger partial charge in [0.25, 0.3) is 5.91 Å². The van der Waals surface area contributed by atoms with Crippen LogP contribution in [0.5, 0.6) is 0 Å². The summed E-state index contributed by atoms with van der Waals surface area (Å²) in [6.07, 6.45) is 0. The molecule has 98 valence electrons. The van der Waals surface area contributed by atoms with Gasteiger partial charge in [-0.2, -0.15) is 0 Å². The lowest BCUT2D eigenvalue weighted by Crippen LogP contribution is -2.14. The monoisotopic (exact) mass is 430 g/mol. The number of benzene rings is 2. The van der Waals surface area contributed by atoms with E-state index < -0.39 is 0 Å². The topological polar surface area (TPSA) is 55.1 Å². The number of nitrogens with two attached hydrogens (primary N) is 1. The van der Waals surface area contributed by atoms with E-state index in [0.29, 0.717) is 11.3 Å².